The van der Waals surface area contributed by atoms with Crippen LogP contribution in [-0.4, -0.2) is 27.8 Å². The summed E-state index contributed by atoms with van der Waals surface area (Å²) in [5.41, 5.74) is 1.85. The number of amides is 1. The third-order valence-corrected chi connectivity index (χ3v) is 7.35. The molecule has 0 N–H and O–H groups in total. The third kappa shape index (κ3) is 3.62. The minimum atomic E-state index is -0.216. The fourth-order valence-electron chi connectivity index (χ4n) is 3.86. The molecule has 0 atom stereocenters. The highest BCUT2D eigenvalue weighted by atomic mass is 32.1. The number of nitrogens with zero attached hydrogens (tertiary/aromatic N) is 3. The molecule has 0 aliphatic carbocycles. The zero-order valence-electron chi connectivity index (χ0n) is 16.8. The van der Waals surface area contributed by atoms with Crippen molar-refractivity contribution in [2.45, 2.75) is 26.3 Å². The maximum absolute atomic E-state index is 13.2. The maximum Gasteiger partial charge on any atom is 0.263 e. The molecule has 4 heterocycles. The molecule has 5 rings (SSSR count). The molecule has 0 saturated carbocycles. The average Bonchev–Trinajstić information content (AvgIpc) is 3.49. The lowest BCUT2D eigenvalue weighted by molar-refractivity contribution is -0.117. The second-order valence-corrected chi connectivity index (χ2v) is 9.69. The van der Waals surface area contributed by atoms with Crippen LogP contribution in [0.15, 0.2) is 52.9 Å². The van der Waals surface area contributed by atoms with E-state index in [1.54, 1.807) is 34.4 Å². The van der Waals surface area contributed by atoms with E-state index in [1.165, 1.54) is 27.1 Å². The number of ketones is 1. The van der Waals surface area contributed by atoms with Gasteiger partial charge in [-0.2, -0.15) is 0 Å². The Morgan fingerprint density at radius 1 is 1.19 bits per heavy atom. The molecule has 156 valence electrons. The van der Waals surface area contributed by atoms with Crippen molar-refractivity contribution in [2.24, 2.45) is 0 Å². The van der Waals surface area contributed by atoms with Crippen LogP contribution in [0.4, 0.5) is 5.69 Å². The number of rotatable bonds is 5. The molecule has 1 aromatic carbocycles. The van der Waals surface area contributed by atoms with Gasteiger partial charge in [0.1, 0.15) is 4.83 Å². The summed E-state index contributed by atoms with van der Waals surface area (Å²) in [4.78, 5) is 47.2. The van der Waals surface area contributed by atoms with Gasteiger partial charge in [0, 0.05) is 44.9 Å². The van der Waals surface area contributed by atoms with Crippen LogP contribution in [0.1, 0.15) is 28.1 Å². The van der Waals surface area contributed by atoms with Crippen LogP contribution in [0, 0.1) is 6.92 Å². The molecule has 8 heteroatoms. The number of benzene rings is 1. The number of carbonyl (C=O) groups excluding carboxylic acids is 2. The van der Waals surface area contributed by atoms with E-state index >= 15 is 0 Å². The lowest BCUT2D eigenvalue weighted by Crippen LogP contribution is -2.25. The number of fused-ring (bicyclic) bond motifs is 1. The van der Waals surface area contributed by atoms with Gasteiger partial charge < -0.3 is 4.90 Å². The summed E-state index contributed by atoms with van der Waals surface area (Å²) in [5, 5.41) is 2.51. The lowest BCUT2D eigenvalue weighted by atomic mass is 10.1. The smallest absolute Gasteiger partial charge is 0.263 e. The van der Waals surface area contributed by atoms with Crippen molar-refractivity contribution in [2.75, 3.05) is 11.4 Å². The first-order valence-corrected chi connectivity index (χ1v) is 11.7. The molecule has 0 spiro atoms. The number of hydrogen-bond donors (Lipinski definition) is 0. The Kier molecular flexibility index (Phi) is 5.03. The van der Waals surface area contributed by atoms with Crippen LogP contribution >= 0.6 is 22.7 Å². The topological polar surface area (TPSA) is 72.3 Å². The zero-order chi connectivity index (χ0) is 21.5. The van der Waals surface area contributed by atoms with Crippen molar-refractivity contribution in [1.29, 1.82) is 0 Å². The van der Waals surface area contributed by atoms with Gasteiger partial charge in [0.05, 0.1) is 18.3 Å². The Morgan fingerprint density at radius 3 is 2.81 bits per heavy atom. The van der Waals surface area contributed by atoms with Crippen molar-refractivity contribution in [3.63, 3.8) is 0 Å². The average molecular weight is 450 g/mol. The highest BCUT2D eigenvalue weighted by Gasteiger charge is 2.22. The Balaban J connectivity index is 1.47. The molecule has 0 bridgehead atoms. The summed E-state index contributed by atoms with van der Waals surface area (Å²) in [5.74, 6) is -0.121. The van der Waals surface area contributed by atoms with E-state index in [4.69, 9.17) is 0 Å². The van der Waals surface area contributed by atoms with E-state index in [-0.39, 0.29) is 23.8 Å². The molecule has 1 saturated heterocycles. The Labute approximate surface area is 186 Å². The van der Waals surface area contributed by atoms with E-state index < -0.39 is 0 Å². The molecular formula is C23H19N3O3S2. The van der Waals surface area contributed by atoms with E-state index in [1.807, 2.05) is 30.5 Å². The third-order valence-electron chi connectivity index (χ3n) is 5.43. The molecular weight excluding hydrogens is 430 g/mol. The second kappa shape index (κ2) is 7.86. The van der Waals surface area contributed by atoms with Crippen LogP contribution in [0.5, 0.6) is 0 Å². The van der Waals surface area contributed by atoms with Crippen LogP contribution in [0.2, 0.25) is 0 Å². The highest BCUT2D eigenvalue weighted by Crippen LogP contribution is 2.35. The fourth-order valence-corrected chi connectivity index (χ4v) is 5.72. The SMILES string of the molecule is Cc1ccc(-c2csc3ncn(CC(=O)c4cccc(N5CCCC5=O)c4)c(=O)c23)s1. The summed E-state index contributed by atoms with van der Waals surface area (Å²) in [6.07, 6.45) is 2.80. The van der Waals surface area contributed by atoms with Crippen LogP contribution in [-0.2, 0) is 11.3 Å². The minimum absolute atomic E-state index is 0.0734. The first-order valence-electron chi connectivity index (χ1n) is 9.98. The zero-order valence-corrected chi connectivity index (χ0v) is 18.5. The summed E-state index contributed by atoms with van der Waals surface area (Å²) in [6, 6.07) is 11.1. The summed E-state index contributed by atoms with van der Waals surface area (Å²) >= 11 is 3.06. The van der Waals surface area contributed by atoms with E-state index in [2.05, 4.69) is 4.98 Å². The van der Waals surface area contributed by atoms with Gasteiger partial charge in [-0.1, -0.05) is 12.1 Å². The predicted octanol–water partition coefficient (Wildman–Crippen LogP) is 4.50. The molecule has 4 aromatic rings. The van der Waals surface area contributed by atoms with E-state index in [9.17, 15) is 14.4 Å². The minimum Gasteiger partial charge on any atom is -0.312 e. The first-order chi connectivity index (χ1) is 15.0. The number of thiophene rings is 2. The molecule has 0 unspecified atom stereocenters. The first kappa shape index (κ1) is 19.8. The normalized spacial score (nSPS) is 14.0. The van der Waals surface area contributed by atoms with E-state index in [0.29, 0.717) is 28.7 Å². The van der Waals surface area contributed by atoms with Crippen molar-refractivity contribution < 1.29 is 9.59 Å². The highest BCUT2D eigenvalue weighted by molar-refractivity contribution is 7.19. The quantitative estimate of drug-likeness (QED) is 0.421. The number of carbonyl (C=O) groups is 2. The van der Waals surface area contributed by atoms with Gasteiger partial charge in [-0.25, -0.2) is 4.98 Å². The molecule has 0 radical (unpaired) electrons. The van der Waals surface area contributed by atoms with Gasteiger partial charge in [0.25, 0.3) is 5.56 Å². The number of Topliss-reactive ketones (excluding diaryl/α,β-unsaturated/α-hetero) is 1. The van der Waals surface area contributed by atoms with Crippen molar-refractivity contribution >= 4 is 50.3 Å². The van der Waals surface area contributed by atoms with Gasteiger partial charge in [0.15, 0.2) is 5.78 Å². The molecule has 1 aliphatic rings. The van der Waals surface area contributed by atoms with Crippen molar-refractivity contribution in [3.05, 3.63) is 68.9 Å². The van der Waals surface area contributed by atoms with Gasteiger partial charge in [-0.3, -0.25) is 19.0 Å². The predicted molar refractivity (Wildman–Crippen MR) is 124 cm³/mol. The monoisotopic (exact) mass is 449 g/mol. The number of aromatic nitrogens is 2. The van der Waals surface area contributed by atoms with Crippen LogP contribution < -0.4 is 10.5 Å². The molecule has 6 nitrogen and oxygen atoms in total. The van der Waals surface area contributed by atoms with Gasteiger partial charge >= 0.3 is 0 Å². The van der Waals surface area contributed by atoms with Crippen molar-refractivity contribution in [1.82, 2.24) is 9.55 Å². The lowest BCUT2D eigenvalue weighted by Gasteiger charge is -2.16. The summed E-state index contributed by atoms with van der Waals surface area (Å²) in [7, 11) is 0. The maximum atomic E-state index is 13.2. The number of anilines is 1. The largest absolute Gasteiger partial charge is 0.312 e. The summed E-state index contributed by atoms with van der Waals surface area (Å²) in [6.45, 7) is 2.60. The Morgan fingerprint density at radius 2 is 2.06 bits per heavy atom. The Bertz CT molecular complexity index is 1380. The molecule has 1 fully saturated rings. The fraction of sp³-hybridized carbons (Fsp3) is 0.217. The number of aryl methyl sites for hydroxylation is 1. The van der Waals surface area contributed by atoms with Crippen molar-refractivity contribution in [3.8, 4) is 10.4 Å². The second-order valence-electron chi connectivity index (χ2n) is 7.54. The molecule has 1 amide bonds. The van der Waals surface area contributed by atoms with Gasteiger partial charge in [-0.15, -0.1) is 22.7 Å². The van der Waals surface area contributed by atoms with Gasteiger partial charge in [-0.05, 0) is 37.6 Å². The molecule has 3 aromatic heterocycles. The Hall–Kier alpha value is -3.10. The van der Waals surface area contributed by atoms with Crippen LogP contribution in [0.25, 0.3) is 20.7 Å². The van der Waals surface area contributed by atoms with E-state index in [0.717, 1.165) is 22.5 Å². The molecule has 31 heavy (non-hydrogen) atoms. The summed E-state index contributed by atoms with van der Waals surface area (Å²) < 4.78 is 1.37. The van der Waals surface area contributed by atoms with Gasteiger partial charge in [0.2, 0.25) is 5.91 Å². The molecule has 1 aliphatic heterocycles. The number of hydrogen-bond acceptors (Lipinski definition) is 6. The van der Waals surface area contributed by atoms with Crippen LogP contribution in [0.3, 0.4) is 0 Å². The standard InChI is InChI=1S/C23H19N3O3S2/c1-14-7-8-19(31-14)17-12-30-22-21(17)23(29)25(13-24-22)11-18(27)15-4-2-5-16(10-15)26-9-3-6-20(26)28/h2,4-5,7-8,10,12-13H,3,6,9,11H2,1H3.